The van der Waals surface area contributed by atoms with E-state index in [0.717, 1.165) is 135 Å². The second kappa shape index (κ2) is 61.3. The van der Waals surface area contributed by atoms with Gasteiger partial charge in [-0.25, -0.2) is 0 Å². The maximum absolute atomic E-state index is 13.5. The summed E-state index contributed by atoms with van der Waals surface area (Å²) in [7, 11) is 0. The summed E-state index contributed by atoms with van der Waals surface area (Å²) in [5.41, 5.74) is 0. The van der Waals surface area contributed by atoms with Gasteiger partial charge in [0.2, 0.25) is 5.91 Å². The van der Waals surface area contributed by atoms with Crippen molar-refractivity contribution in [2.45, 2.75) is 327 Å². The SMILES string of the molecule is CC/C=C\C/C=C\C/C=C\C/C=C\C/C=C\CCCCCCC(O)C(=O)NC(COC1OC(CO)C(O)C(O)C1OC(=O)CCCCCCCCCCC/C=C\C/C=C\C/C=C\C/C=C\CCCCC)C(O)/C=C/CCCCCCCCCCCC. The highest BCUT2D eigenvalue weighted by atomic mass is 16.7. The minimum absolute atomic E-state index is 0.108. The predicted octanol–water partition coefficient (Wildman–Crippen LogP) is 17.8. The van der Waals surface area contributed by atoms with E-state index in [9.17, 15) is 35.1 Å². The number of carbonyl (C=O) groups is 2. The van der Waals surface area contributed by atoms with Crippen LogP contribution in [-0.2, 0) is 23.8 Å². The number of rotatable bonds is 58. The molecule has 11 heteroatoms. The van der Waals surface area contributed by atoms with Crippen molar-refractivity contribution in [2.24, 2.45) is 0 Å². The molecule has 8 unspecified atom stereocenters. The first-order valence-corrected chi connectivity index (χ1v) is 34.8. The third-order valence-corrected chi connectivity index (χ3v) is 15.6. The number of hydrogen-bond acceptors (Lipinski definition) is 10. The molecule has 0 bridgehead atoms. The summed E-state index contributed by atoms with van der Waals surface area (Å²) in [6.45, 7) is 5.64. The zero-order chi connectivity index (χ0) is 62.4. The van der Waals surface area contributed by atoms with Gasteiger partial charge in [0, 0.05) is 6.42 Å². The molecule has 1 rings (SSSR count). The number of esters is 1. The molecule has 1 saturated heterocycles. The monoisotopic (exact) mass is 1200 g/mol. The van der Waals surface area contributed by atoms with E-state index < -0.39 is 67.4 Å². The van der Waals surface area contributed by atoms with E-state index >= 15 is 0 Å². The summed E-state index contributed by atoms with van der Waals surface area (Å²) in [5, 5.41) is 57.2. The van der Waals surface area contributed by atoms with Crippen molar-refractivity contribution in [3.05, 3.63) is 122 Å². The number of unbranched alkanes of at least 4 members (excludes halogenated alkanes) is 26. The average Bonchev–Trinajstić information content (AvgIpc) is 3.30. The summed E-state index contributed by atoms with van der Waals surface area (Å²) in [6, 6.07) is -1.04. The first kappa shape index (κ1) is 80.1. The van der Waals surface area contributed by atoms with E-state index in [1.54, 1.807) is 6.08 Å². The van der Waals surface area contributed by atoms with Gasteiger partial charge in [0.15, 0.2) is 12.4 Å². The van der Waals surface area contributed by atoms with Gasteiger partial charge in [0.25, 0.3) is 0 Å². The second-order valence-electron chi connectivity index (χ2n) is 23.5. The fraction of sp³-hybridized carbons (Fsp3) is 0.707. The molecule has 8 atom stereocenters. The quantitative estimate of drug-likeness (QED) is 0.0195. The Hall–Kier alpha value is -3.94. The lowest BCUT2D eigenvalue weighted by Crippen LogP contribution is -2.61. The Bertz CT molecular complexity index is 1860. The van der Waals surface area contributed by atoms with E-state index in [-0.39, 0.29) is 19.4 Å². The van der Waals surface area contributed by atoms with Crippen molar-refractivity contribution >= 4 is 11.9 Å². The molecule has 492 valence electrons. The van der Waals surface area contributed by atoms with Crippen LogP contribution in [0.3, 0.4) is 0 Å². The normalized spacial score (nSPS) is 19.1. The third-order valence-electron chi connectivity index (χ3n) is 15.6. The lowest BCUT2D eigenvalue weighted by atomic mass is 9.99. The topological polar surface area (TPSA) is 175 Å². The average molecular weight is 1200 g/mol. The van der Waals surface area contributed by atoms with Gasteiger partial charge in [-0.05, 0) is 116 Å². The van der Waals surface area contributed by atoms with Crippen LogP contribution in [0.2, 0.25) is 0 Å². The van der Waals surface area contributed by atoms with Crippen molar-refractivity contribution < 1.29 is 49.3 Å². The molecule has 0 saturated carbocycles. The number of amides is 1. The molecule has 0 radical (unpaired) electrons. The largest absolute Gasteiger partial charge is 0.454 e. The molecule has 1 amide bonds. The first-order valence-electron chi connectivity index (χ1n) is 34.8. The van der Waals surface area contributed by atoms with Crippen LogP contribution in [0.4, 0.5) is 0 Å². The predicted molar refractivity (Wildman–Crippen MR) is 361 cm³/mol. The molecule has 0 aromatic heterocycles. The summed E-state index contributed by atoms with van der Waals surface area (Å²) < 4.78 is 17.7. The molecule has 1 aliphatic heterocycles. The number of aliphatic hydroxyl groups excluding tert-OH is 5. The highest BCUT2D eigenvalue weighted by Crippen LogP contribution is 2.26. The lowest BCUT2D eigenvalue weighted by Gasteiger charge is -2.41. The Morgan fingerprint density at radius 2 is 0.837 bits per heavy atom. The molecule has 86 heavy (non-hydrogen) atoms. The summed E-state index contributed by atoms with van der Waals surface area (Å²) in [5.74, 6) is -1.23. The van der Waals surface area contributed by atoms with Crippen molar-refractivity contribution in [2.75, 3.05) is 13.2 Å². The summed E-state index contributed by atoms with van der Waals surface area (Å²) >= 11 is 0. The van der Waals surface area contributed by atoms with Crippen molar-refractivity contribution in [1.29, 1.82) is 0 Å². The van der Waals surface area contributed by atoms with Crippen LogP contribution in [0.1, 0.15) is 278 Å². The van der Waals surface area contributed by atoms with Gasteiger partial charge in [-0.1, -0.05) is 277 Å². The van der Waals surface area contributed by atoms with Gasteiger partial charge in [0.1, 0.15) is 24.4 Å². The van der Waals surface area contributed by atoms with Crippen molar-refractivity contribution in [3.63, 3.8) is 0 Å². The summed E-state index contributed by atoms with van der Waals surface area (Å²) in [6.07, 6.45) is 75.1. The highest BCUT2D eigenvalue weighted by Gasteiger charge is 2.47. The van der Waals surface area contributed by atoms with Crippen LogP contribution in [0.15, 0.2) is 122 Å². The van der Waals surface area contributed by atoms with Gasteiger partial charge in [-0.3, -0.25) is 9.59 Å². The van der Waals surface area contributed by atoms with Crippen LogP contribution in [-0.4, -0.2) is 99.6 Å². The maximum atomic E-state index is 13.5. The molecule has 0 aromatic rings. The zero-order valence-corrected chi connectivity index (χ0v) is 54.6. The number of nitrogens with one attached hydrogen (secondary N) is 1. The Labute approximate surface area is 525 Å². The van der Waals surface area contributed by atoms with Crippen LogP contribution in [0.25, 0.3) is 0 Å². The number of aliphatic hydroxyl groups is 5. The molecule has 0 aromatic carbocycles. The smallest absolute Gasteiger partial charge is 0.306 e. The zero-order valence-electron chi connectivity index (χ0n) is 54.6. The first-order chi connectivity index (χ1) is 42.2. The van der Waals surface area contributed by atoms with E-state index in [1.807, 2.05) is 6.08 Å². The Morgan fingerprint density at radius 1 is 0.465 bits per heavy atom. The maximum Gasteiger partial charge on any atom is 0.306 e. The molecular weight excluding hydrogens is 1070 g/mol. The van der Waals surface area contributed by atoms with Crippen LogP contribution in [0, 0.1) is 0 Å². The van der Waals surface area contributed by atoms with Crippen molar-refractivity contribution in [1.82, 2.24) is 5.32 Å². The fourth-order valence-electron chi connectivity index (χ4n) is 10.1. The number of allylic oxidation sites excluding steroid dienone is 19. The standard InChI is InChI=1S/C75H127NO10/c1-4-7-10-13-16-19-22-25-27-29-31-33-34-35-36-37-39-41-43-45-48-51-54-57-60-63-70(80)86-73-72(82)71(81)69(64-77)85-75(73)84-65-66(67(78)61-58-55-52-49-46-24-21-18-15-12-9-6-3)76-74(83)68(79)62-59-56-53-50-47-44-42-40-38-32-30-28-26-23-20-17-14-11-8-5-2/h8,11,16-17,19-20,25-28,31-33,35-36,38,42,44,58,61,66-69,71-73,75,77-79,81-82H,4-7,9-10,12-15,18,21-24,29-30,34,37,39-41,43,45-57,59-60,62-65H2,1-3H3,(H,76,83)/b11-8-,19-16-,20-17-,27-25-,28-26-,33-31-,36-35-,38-32-,44-42-,61-58+. The van der Waals surface area contributed by atoms with E-state index in [0.29, 0.717) is 12.8 Å². The Morgan fingerprint density at radius 3 is 1.28 bits per heavy atom. The van der Waals surface area contributed by atoms with Crippen molar-refractivity contribution in [3.8, 4) is 0 Å². The second-order valence-corrected chi connectivity index (χ2v) is 23.5. The number of carbonyl (C=O) groups excluding carboxylic acids is 2. The van der Waals surface area contributed by atoms with Gasteiger partial charge in [-0.15, -0.1) is 0 Å². The molecular formula is C75H127NO10. The molecule has 1 fully saturated rings. The van der Waals surface area contributed by atoms with Gasteiger partial charge in [0.05, 0.1) is 25.4 Å². The van der Waals surface area contributed by atoms with Gasteiger partial charge < -0.3 is 45.1 Å². The van der Waals surface area contributed by atoms with Crippen LogP contribution >= 0.6 is 0 Å². The van der Waals surface area contributed by atoms with E-state index in [1.165, 1.54) is 96.3 Å². The van der Waals surface area contributed by atoms with E-state index in [2.05, 4.69) is 135 Å². The van der Waals surface area contributed by atoms with E-state index in [4.69, 9.17) is 14.2 Å². The number of hydrogen-bond donors (Lipinski definition) is 6. The van der Waals surface area contributed by atoms with Gasteiger partial charge >= 0.3 is 5.97 Å². The van der Waals surface area contributed by atoms with Gasteiger partial charge in [-0.2, -0.15) is 0 Å². The minimum atomic E-state index is -1.63. The molecule has 0 spiro atoms. The van der Waals surface area contributed by atoms with Crippen LogP contribution < -0.4 is 5.32 Å². The molecule has 11 nitrogen and oxygen atoms in total. The Kier molecular flexibility index (Phi) is 57.1. The fourth-order valence-corrected chi connectivity index (χ4v) is 10.1. The molecule has 1 heterocycles. The highest BCUT2D eigenvalue weighted by molar-refractivity contribution is 5.80. The molecule has 0 aliphatic carbocycles. The Balaban J connectivity index is 2.62. The third kappa shape index (κ3) is 48.0. The summed E-state index contributed by atoms with van der Waals surface area (Å²) in [4.78, 5) is 26.7. The minimum Gasteiger partial charge on any atom is -0.454 e. The van der Waals surface area contributed by atoms with Crippen LogP contribution in [0.5, 0.6) is 0 Å². The molecule has 6 N–H and O–H groups in total. The number of ether oxygens (including phenoxy) is 3. The lowest BCUT2D eigenvalue weighted by molar-refractivity contribution is -0.305. The molecule has 1 aliphatic rings.